The predicted molar refractivity (Wildman–Crippen MR) is 163 cm³/mol. The molecule has 3 aliphatic rings. The molecular formula is C34H37F3N4O3. The first-order valence-corrected chi connectivity index (χ1v) is 15.5. The summed E-state index contributed by atoms with van der Waals surface area (Å²) in [5.74, 6) is -1.14. The molecule has 0 radical (unpaired) electrons. The SMILES string of the molecule is CCc1c(F)ccc2cc(O)cc(-c3ccc4c(C5NCCCC5(C)O)nc(OC[C@@]56CCCN5C[C@H](F)C6)nc4c3F)c12. The molecule has 0 spiro atoms. The Hall–Kier alpha value is -3.47. The molecule has 3 fully saturated rings. The van der Waals surface area contributed by atoms with Gasteiger partial charge in [0.1, 0.15) is 29.9 Å². The van der Waals surface area contributed by atoms with Crippen LogP contribution in [-0.2, 0) is 6.42 Å². The standard InChI is InChI=1S/C34H37F3N4O3/c1-3-22-26(36)9-6-19-14-21(42)15-25(27(19)22)23-7-8-24-29(28(23)37)39-32(40-30(24)31-33(2,43)10-4-12-38-31)44-18-34-11-5-13-41(34)17-20(35)16-34/h6-9,14-15,20,31,38,42-43H,3-5,10-13,16-18H2,1-2H3/t20-,31?,33?,34+/m1/s1. The van der Waals surface area contributed by atoms with E-state index >= 15 is 4.39 Å². The van der Waals surface area contributed by atoms with E-state index in [9.17, 15) is 19.0 Å². The van der Waals surface area contributed by atoms with Gasteiger partial charge in [-0.25, -0.2) is 13.2 Å². The van der Waals surface area contributed by atoms with Crippen molar-refractivity contribution in [2.75, 3.05) is 26.2 Å². The summed E-state index contributed by atoms with van der Waals surface area (Å²) in [6.45, 7) is 5.57. The summed E-state index contributed by atoms with van der Waals surface area (Å²) >= 11 is 0. The smallest absolute Gasteiger partial charge is 0.317 e. The van der Waals surface area contributed by atoms with E-state index in [-0.39, 0.29) is 29.4 Å². The Morgan fingerprint density at radius 1 is 1.09 bits per heavy atom. The van der Waals surface area contributed by atoms with Gasteiger partial charge in [-0.15, -0.1) is 0 Å². The number of aromatic nitrogens is 2. The molecule has 4 aromatic rings. The van der Waals surface area contributed by atoms with E-state index in [1.165, 1.54) is 18.2 Å². The molecule has 10 heteroatoms. The fourth-order valence-electron chi connectivity index (χ4n) is 7.81. The zero-order valence-electron chi connectivity index (χ0n) is 25.0. The topological polar surface area (TPSA) is 90.7 Å². The normalized spacial score (nSPS) is 27.3. The van der Waals surface area contributed by atoms with Crippen molar-refractivity contribution in [3.05, 3.63) is 59.3 Å². The van der Waals surface area contributed by atoms with Crippen LogP contribution in [0.1, 0.15) is 63.3 Å². The minimum Gasteiger partial charge on any atom is -0.508 e. The summed E-state index contributed by atoms with van der Waals surface area (Å²) in [6, 6.07) is 8.56. The number of halogens is 3. The summed E-state index contributed by atoms with van der Waals surface area (Å²) in [7, 11) is 0. The average Bonchev–Trinajstić information content (AvgIpc) is 3.51. The van der Waals surface area contributed by atoms with Crippen LogP contribution >= 0.6 is 0 Å². The lowest BCUT2D eigenvalue weighted by atomic mass is 9.84. The predicted octanol–water partition coefficient (Wildman–Crippen LogP) is 6.13. The quantitative estimate of drug-likeness (QED) is 0.243. The molecule has 44 heavy (non-hydrogen) atoms. The van der Waals surface area contributed by atoms with Crippen molar-refractivity contribution >= 4 is 21.7 Å². The number of fused-ring (bicyclic) bond motifs is 3. The number of aryl methyl sites for hydroxylation is 1. The summed E-state index contributed by atoms with van der Waals surface area (Å²) < 4.78 is 52.4. The third-order valence-corrected chi connectivity index (χ3v) is 9.95. The highest BCUT2D eigenvalue weighted by Gasteiger charge is 2.49. The molecular weight excluding hydrogens is 569 g/mol. The van der Waals surface area contributed by atoms with Crippen LogP contribution in [0.4, 0.5) is 13.2 Å². The Kier molecular flexibility index (Phi) is 7.22. The van der Waals surface area contributed by atoms with E-state index in [0.717, 1.165) is 25.8 Å². The van der Waals surface area contributed by atoms with Crippen molar-refractivity contribution < 1.29 is 28.1 Å². The number of nitrogens with one attached hydrogen (secondary N) is 1. The Morgan fingerprint density at radius 2 is 1.93 bits per heavy atom. The number of alkyl halides is 1. The van der Waals surface area contributed by atoms with Gasteiger partial charge in [0.05, 0.1) is 22.9 Å². The highest BCUT2D eigenvalue weighted by atomic mass is 19.1. The zero-order valence-corrected chi connectivity index (χ0v) is 25.0. The van der Waals surface area contributed by atoms with Crippen LogP contribution < -0.4 is 10.1 Å². The summed E-state index contributed by atoms with van der Waals surface area (Å²) in [5.41, 5.74) is -0.280. The molecule has 0 amide bonds. The Labute approximate surface area is 254 Å². The van der Waals surface area contributed by atoms with Crippen LogP contribution in [0.5, 0.6) is 11.8 Å². The lowest BCUT2D eigenvalue weighted by molar-refractivity contribution is -0.00842. The fraction of sp³-hybridized carbons (Fsp3) is 0.471. The van der Waals surface area contributed by atoms with Gasteiger partial charge in [0.2, 0.25) is 0 Å². The van der Waals surface area contributed by atoms with E-state index in [1.807, 2.05) is 6.92 Å². The van der Waals surface area contributed by atoms with Gasteiger partial charge in [0.25, 0.3) is 0 Å². The van der Waals surface area contributed by atoms with E-state index in [4.69, 9.17) is 9.72 Å². The summed E-state index contributed by atoms with van der Waals surface area (Å²) in [6.07, 6.45) is 2.87. The number of hydrogen-bond acceptors (Lipinski definition) is 7. The van der Waals surface area contributed by atoms with Gasteiger partial charge >= 0.3 is 6.01 Å². The highest BCUT2D eigenvalue weighted by molar-refractivity contribution is 6.02. The van der Waals surface area contributed by atoms with E-state index in [2.05, 4.69) is 15.2 Å². The van der Waals surface area contributed by atoms with Gasteiger partial charge in [0.15, 0.2) is 5.82 Å². The molecule has 0 saturated carbocycles. The first kappa shape index (κ1) is 29.3. The number of hydrogen-bond donors (Lipinski definition) is 3. The van der Waals surface area contributed by atoms with Gasteiger partial charge in [-0.1, -0.05) is 25.1 Å². The molecule has 232 valence electrons. The molecule has 3 saturated heterocycles. The zero-order chi connectivity index (χ0) is 30.8. The number of phenolic OH excluding ortho intramolecular Hbond substituents is 1. The Morgan fingerprint density at radius 3 is 2.73 bits per heavy atom. The molecule has 3 aliphatic heterocycles. The van der Waals surface area contributed by atoms with Crippen molar-refractivity contribution in [3.8, 4) is 22.9 Å². The second-order valence-electron chi connectivity index (χ2n) is 12.9. The second kappa shape index (κ2) is 10.9. The highest BCUT2D eigenvalue weighted by Crippen LogP contribution is 2.43. The molecule has 1 aromatic heterocycles. The maximum Gasteiger partial charge on any atom is 0.317 e. The van der Waals surface area contributed by atoms with E-state index in [1.54, 1.807) is 25.1 Å². The van der Waals surface area contributed by atoms with E-state index < -0.39 is 35.0 Å². The van der Waals surface area contributed by atoms with Crippen LogP contribution in [0.3, 0.4) is 0 Å². The van der Waals surface area contributed by atoms with E-state index in [0.29, 0.717) is 65.3 Å². The number of piperidine rings is 1. The summed E-state index contributed by atoms with van der Waals surface area (Å²) in [4.78, 5) is 11.4. The lowest BCUT2D eigenvalue weighted by Gasteiger charge is -2.38. The van der Waals surface area contributed by atoms with Gasteiger partial charge in [-0.05, 0) is 92.2 Å². The Balaban J connectivity index is 1.40. The number of ether oxygens (including phenoxy) is 1. The number of rotatable bonds is 6. The number of nitrogens with zero attached hydrogens (tertiary/aromatic N) is 3. The van der Waals surface area contributed by atoms with Crippen LogP contribution in [0.25, 0.3) is 32.8 Å². The molecule has 7 rings (SSSR count). The number of aromatic hydroxyl groups is 1. The largest absolute Gasteiger partial charge is 0.508 e. The third-order valence-electron chi connectivity index (χ3n) is 9.95. The van der Waals surface area contributed by atoms with Gasteiger partial charge in [-0.3, -0.25) is 4.90 Å². The van der Waals surface area contributed by atoms with Crippen molar-refractivity contribution in [3.63, 3.8) is 0 Å². The molecule has 7 nitrogen and oxygen atoms in total. The van der Waals surface area contributed by atoms with Crippen molar-refractivity contribution in [1.82, 2.24) is 20.2 Å². The molecule has 4 heterocycles. The number of benzene rings is 3. The van der Waals surface area contributed by atoms with Crippen LogP contribution in [-0.4, -0.2) is 68.6 Å². The van der Waals surface area contributed by atoms with Crippen molar-refractivity contribution in [2.24, 2.45) is 0 Å². The van der Waals surface area contributed by atoms with Crippen LogP contribution in [0.15, 0.2) is 36.4 Å². The van der Waals surface area contributed by atoms with Crippen LogP contribution in [0.2, 0.25) is 0 Å². The van der Waals surface area contributed by atoms with Gasteiger partial charge in [-0.2, -0.15) is 9.97 Å². The molecule has 2 unspecified atom stereocenters. The minimum atomic E-state index is -1.16. The van der Waals surface area contributed by atoms with Gasteiger partial charge in [0, 0.05) is 23.9 Å². The second-order valence-corrected chi connectivity index (χ2v) is 12.9. The molecule has 4 atom stereocenters. The molecule has 3 aromatic carbocycles. The maximum absolute atomic E-state index is 16.8. The number of phenols is 1. The first-order valence-electron chi connectivity index (χ1n) is 15.5. The van der Waals surface area contributed by atoms with Crippen molar-refractivity contribution in [1.29, 1.82) is 0 Å². The number of aliphatic hydroxyl groups is 1. The summed E-state index contributed by atoms with van der Waals surface area (Å²) in [5, 5.41) is 26.8. The molecule has 0 aliphatic carbocycles. The third kappa shape index (κ3) is 4.78. The first-order chi connectivity index (χ1) is 21.1. The fourth-order valence-corrected chi connectivity index (χ4v) is 7.81. The van der Waals surface area contributed by atoms with Crippen LogP contribution in [0, 0.1) is 11.6 Å². The average molecular weight is 607 g/mol. The van der Waals surface area contributed by atoms with Gasteiger partial charge < -0.3 is 20.3 Å². The molecule has 0 bridgehead atoms. The Bertz CT molecular complexity index is 1770. The minimum absolute atomic E-state index is 0.00724. The maximum atomic E-state index is 16.8. The van der Waals surface area contributed by atoms with Crippen molar-refractivity contribution in [2.45, 2.75) is 75.7 Å². The monoisotopic (exact) mass is 606 g/mol. The molecule has 3 N–H and O–H groups in total. The lowest BCUT2D eigenvalue weighted by Crippen LogP contribution is -2.47.